The highest BCUT2D eigenvalue weighted by molar-refractivity contribution is 5.97. The molecule has 26 heavy (non-hydrogen) atoms. The molecular weight excluding hydrogens is 340 g/mol. The highest BCUT2D eigenvalue weighted by Gasteiger charge is 2.20. The van der Waals surface area contributed by atoms with Gasteiger partial charge in [0.25, 0.3) is 5.69 Å². The number of amides is 1. The molecule has 2 heterocycles. The summed E-state index contributed by atoms with van der Waals surface area (Å²) in [6.45, 7) is 5.90. The standard InChI is InChI=1S/C16H16N6O4/c1-16(2,3)12-7-11(18-19-12)14(23)21-20-13-9-6-8(22(25)26)4-5-10(9)17-15(13)24/h4-7,17,24H,1-3H3,(H,18,19). The molecule has 0 fully saturated rings. The van der Waals surface area contributed by atoms with Gasteiger partial charge in [-0.1, -0.05) is 20.8 Å². The van der Waals surface area contributed by atoms with Gasteiger partial charge in [0.2, 0.25) is 5.88 Å². The number of azo groups is 1. The summed E-state index contributed by atoms with van der Waals surface area (Å²) < 4.78 is 0. The van der Waals surface area contributed by atoms with Crippen molar-refractivity contribution in [2.75, 3.05) is 0 Å². The quantitative estimate of drug-likeness (QED) is 0.371. The molecule has 1 amide bonds. The Hall–Kier alpha value is -3.56. The number of hydrogen-bond acceptors (Lipinski definition) is 6. The Bertz CT molecular complexity index is 1040. The van der Waals surface area contributed by atoms with E-state index in [-0.39, 0.29) is 33.7 Å². The summed E-state index contributed by atoms with van der Waals surface area (Å²) in [6.07, 6.45) is 0. The molecule has 3 N–H and O–H groups in total. The molecular formula is C16H16N6O4. The van der Waals surface area contributed by atoms with Crippen LogP contribution in [0.5, 0.6) is 5.88 Å². The third-order valence-corrected chi connectivity index (χ3v) is 3.79. The van der Waals surface area contributed by atoms with Crippen LogP contribution in [0.1, 0.15) is 37.0 Å². The summed E-state index contributed by atoms with van der Waals surface area (Å²) in [4.78, 5) is 25.1. The van der Waals surface area contributed by atoms with E-state index in [1.165, 1.54) is 18.2 Å². The van der Waals surface area contributed by atoms with E-state index in [1.807, 2.05) is 20.8 Å². The number of H-pyrrole nitrogens is 2. The molecule has 0 unspecified atom stereocenters. The van der Waals surface area contributed by atoms with Crippen LogP contribution < -0.4 is 0 Å². The monoisotopic (exact) mass is 356 g/mol. The molecule has 0 spiro atoms. The van der Waals surface area contributed by atoms with Crippen molar-refractivity contribution in [3.8, 4) is 5.88 Å². The minimum Gasteiger partial charge on any atom is -0.493 e. The average Bonchev–Trinajstić information content (AvgIpc) is 3.16. The van der Waals surface area contributed by atoms with Gasteiger partial charge in [0, 0.05) is 28.6 Å². The first-order chi connectivity index (χ1) is 12.2. The Labute approximate surface area is 147 Å². The average molecular weight is 356 g/mol. The number of non-ortho nitro benzene ring substituents is 1. The Morgan fingerprint density at radius 1 is 1.31 bits per heavy atom. The van der Waals surface area contributed by atoms with E-state index in [0.29, 0.717) is 5.52 Å². The lowest BCUT2D eigenvalue weighted by Crippen LogP contribution is -2.11. The molecule has 0 aliphatic heterocycles. The largest absolute Gasteiger partial charge is 0.493 e. The van der Waals surface area contributed by atoms with Crippen molar-refractivity contribution in [2.45, 2.75) is 26.2 Å². The third kappa shape index (κ3) is 3.16. The molecule has 0 aliphatic rings. The number of rotatable bonds is 3. The zero-order valence-corrected chi connectivity index (χ0v) is 14.3. The predicted octanol–water partition coefficient (Wildman–Crippen LogP) is 3.73. The van der Waals surface area contributed by atoms with Gasteiger partial charge in [-0.25, -0.2) is 0 Å². The van der Waals surface area contributed by atoms with Gasteiger partial charge in [-0.3, -0.25) is 20.0 Å². The predicted molar refractivity (Wildman–Crippen MR) is 92.8 cm³/mol. The number of nitro benzene ring substituents is 1. The number of nitro groups is 1. The van der Waals surface area contributed by atoms with Gasteiger partial charge in [-0.2, -0.15) is 5.10 Å². The third-order valence-electron chi connectivity index (χ3n) is 3.79. The second-order valence-electron chi connectivity index (χ2n) is 6.73. The van der Waals surface area contributed by atoms with Gasteiger partial charge in [0.05, 0.1) is 10.4 Å². The van der Waals surface area contributed by atoms with Crippen LogP contribution in [-0.4, -0.2) is 31.1 Å². The van der Waals surface area contributed by atoms with Gasteiger partial charge >= 0.3 is 5.91 Å². The number of carbonyl (C=O) groups excluding carboxylic acids is 1. The van der Waals surface area contributed by atoms with Crippen molar-refractivity contribution in [1.82, 2.24) is 15.2 Å². The van der Waals surface area contributed by atoms with E-state index in [1.54, 1.807) is 6.07 Å². The fraction of sp³-hybridized carbons (Fsp3) is 0.250. The van der Waals surface area contributed by atoms with Crippen LogP contribution in [-0.2, 0) is 5.41 Å². The molecule has 0 saturated heterocycles. The normalized spacial score (nSPS) is 12.1. The molecule has 3 rings (SSSR count). The molecule has 2 aromatic heterocycles. The molecule has 0 atom stereocenters. The molecule has 1 aromatic carbocycles. The number of hydrogen-bond donors (Lipinski definition) is 3. The summed E-state index contributed by atoms with van der Waals surface area (Å²) in [7, 11) is 0. The number of aromatic nitrogens is 3. The van der Waals surface area contributed by atoms with Crippen molar-refractivity contribution in [1.29, 1.82) is 0 Å². The van der Waals surface area contributed by atoms with Crippen molar-refractivity contribution in [2.24, 2.45) is 10.2 Å². The number of nitrogens with zero attached hydrogens (tertiary/aromatic N) is 4. The highest BCUT2D eigenvalue weighted by atomic mass is 16.6. The first kappa shape index (κ1) is 17.3. The topological polar surface area (TPSA) is 150 Å². The summed E-state index contributed by atoms with van der Waals surface area (Å²) in [6, 6.07) is 5.57. The van der Waals surface area contributed by atoms with Gasteiger partial charge in [-0.05, 0) is 12.1 Å². The molecule has 10 heteroatoms. The second kappa shape index (κ2) is 6.06. The van der Waals surface area contributed by atoms with Crippen LogP contribution in [0.2, 0.25) is 0 Å². The maximum absolute atomic E-state index is 12.2. The van der Waals surface area contributed by atoms with E-state index >= 15 is 0 Å². The fourth-order valence-corrected chi connectivity index (χ4v) is 2.33. The van der Waals surface area contributed by atoms with E-state index < -0.39 is 10.8 Å². The summed E-state index contributed by atoms with van der Waals surface area (Å²) >= 11 is 0. The Morgan fingerprint density at radius 2 is 2.04 bits per heavy atom. The Morgan fingerprint density at radius 3 is 2.65 bits per heavy atom. The van der Waals surface area contributed by atoms with E-state index in [4.69, 9.17) is 0 Å². The molecule has 0 saturated carbocycles. The molecule has 10 nitrogen and oxygen atoms in total. The number of aromatic hydroxyl groups is 1. The van der Waals surface area contributed by atoms with Gasteiger partial charge < -0.3 is 10.1 Å². The molecule has 0 aliphatic carbocycles. The first-order valence-electron chi connectivity index (χ1n) is 7.68. The zero-order valence-electron chi connectivity index (χ0n) is 14.3. The molecule has 0 bridgehead atoms. The maximum Gasteiger partial charge on any atom is 0.315 e. The van der Waals surface area contributed by atoms with Crippen molar-refractivity contribution in [3.05, 3.63) is 45.8 Å². The van der Waals surface area contributed by atoms with Gasteiger partial charge in [-0.15, -0.1) is 10.2 Å². The first-order valence-corrected chi connectivity index (χ1v) is 7.68. The summed E-state index contributed by atoms with van der Waals surface area (Å²) in [5.41, 5.74) is 0.858. The Balaban J connectivity index is 1.93. The zero-order chi connectivity index (χ0) is 19.1. The lowest BCUT2D eigenvalue weighted by Gasteiger charge is -2.14. The molecule has 0 radical (unpaired) electrons. The van der Waals surface area contributed by atoms with Gasteiger partial charge in [0.1, 0.15) is 0 Å². The number of aromatic amines is 2. The SMILES string of the molecule is CC(C)(C)c1cc(C(=O)N=Nc2c(O)[nH]c3ccc([N+](=O)[O-])cc23)n[nH]1. The van der Waals surface area contributed by atoms with Crippen LogP contribution >= 0.6 is 0 Å². The van der Waals surface area contributed by atoms with E-state index in [2.05, 4.69) is 25.4 Å². The number of fused-ring (bicyclic) bond motifs is 1. The number of benzene rings is 1. The lowest BCUT2D eigenvalue weighted by atomic mass is 9.92. The number of carbonyl (C=O) groups is 1. The summed E-state index contributed by atoms with van der Waals surface area (Å²) in [5.74, 6) is -1.04. The van der Waals surface area contributed by atoms with E-state index in [0.717, 1.165) is 5.69 Å². The molecule has 3 aromatic rings. The van der Waals surface area contributed by atoms with Crippen LogP contribution in [0.3, 0.4) is 0 Å². The number of nitrogens with one attached hydrogen (secondary N) is 2. The molecule has 134 valence electrons. The fourth-order valence-electron chi connectivity index (χ4n) is 2.33. The smallest absolute Gasteiger partial charge is 0.315 e. The summed E-state index contributed by atoms with van der Waals surface area (Å²) in [5, 5.41) is 35.2. The second-order valence-corrected chi connectivity index (χ2v) is 6.73. The van der Waals surface area contributed by atoms with Crippen molar-refractivity contribution in [3.63, 3.8) is 0 Å². The highest BCUT2D eigenvalue weighted by Crippen LogP contribution is 2.37. The van der Waals surface area contributed by atoms with Crippen molar-refractivity contribution >= 4 is 28.2 Å². The van der Waals surface area contributed by atoms with E-state index in [9.17, 15) is 20.0 Å². The van der Waals surface area contributed by atoms with Gasteiger partial charge in [0.15, 0.2) is 11.4 Å². The van der Waals surface area contributed by atoms with Crippen LogP contribution in [0.25, 0.3) is 10.9 Å². The lowest BCUT2D eigenvalue weighted by molar-refractivity contribution is -0.384. The maximum atomic E-state index is 12.2. The minimum atomic E-state index is -0.698. The minimum absolute atomic E-state index is 0.0522. The van der Waals surface area contributed by atoms with Crippen LogP contribution in [0.4, 0.5) is 11.4 Å². The van der Waals surface area contributed by atoms with Crippen LogP contribution in [0, 0.1) is 10.1 Å². The van der Waals surface area contributed by atoms with Crippen LogP contribution in [0.15, 0.2) is 34.5 Å². The van der Waals surface area contributed by atoms with Crippen molar-refractivity contribution < 1.29 is 14.8 Å². The Kier molecular flexibility index (Phi) is 4.03.